The van der Waals surface area contributed by atoms with Gasteiger partial charge in [-0.25, -0.2) is 0 Å². The molecule has 1 rings (SSSR count). The molecule has 2 atom stereocenters. The van der Waals surface area contributed by atoms with Crippen molar-refractivity contribution in [1.29, 1.82) is 0 Å². The lowest BCUT2D eigenvalue weighted by atomic mass is 10.1. The molecule has 2 amide bonds. The number of ketones is 1. The summed E-state index contributed by atoms with van der Waals surface area (Å²) in [6.07, 6.45) is 1.58. The fourth-order valence-electron chi connectivity index (χ4n) is 2.07. The lowest BCUT2D eigenvalue weighted by Crippen LogP contribution is -2.49. The predicted molar refractivity (Wildman–Crippen MR) is 58.7 cm³/mol. The van der Waals surface area contributed by atoms with Crippen LogP contribution in [0.5, 0.6) is 0 Å². The maximum atomic E-state index is 12.0. The van der Waals surface area contributed by atoms with E-state index in [-0.39, 0.29) is 23.6 Å². The van der Waals surface area contributed by atoms with Crippen molar-refractivity contribution in [2.75, 3.05) is 6.54 Å². The lowest BCUT2D eigenvalue weighted by Gasteiger charge is -2.26. The number of Topliss-reactive ketones (excluding diaryl/α,β-unsaturated/α-hetero) is 1. The number of carbonyl (C=O) groups is 3. The van der Waals surface area contributed by atoms with E-state index in [0.29, 0.717) is 6.54 Å². The first-order chi connectivity index (χ1) is 7.43. The van der Waals surface area contributed by atoms with Crippen LogP contribution in [0.4, 0.5) is 0 Å². The van der Waals surface area contributed by atoms with Gasteiger partial charge in [-0.3, -0.25) is 14.4 Å². The van der Waals surface area contributed by atoms with Crippen LogP contribution in [0.25, 0.3) is 0 Å². The van der Waals surface area contributed by atoms with E-state index >= 15 is 0 Å². The van der Waals surface area contributed by atoms with E-state index in [2.05, 4.69) is 5.32 Å². The van der Waals surface area contributed by atoms with Crippen molar-refractivity contribution >= 4 is 17.6 Å². The van der Waals surface area contributed by atoms with Crippen molar-refractivity contribution in [2.45, 2.75) is 45.7 Å². The van der Waals surface area contributed by atoms with E-state index in [1.54, 1.807) is 11.8 Å². The van der Waals surface area contributed by atoms with Gasteiger partial charge in [-0.05, 0) is 26.7 Å². The van der Waals surface area contributed by atoms with Gasteiger partial charge in [-0.2, -0.15) is 0 Å². The summed E-state index contributed by atoms with van der Waals surface area (Å²) in [5, 5.41) is 2.54. The van der Waals surface area contributed by atoms with E-state index in [1.165, 1.54) is 13.8 Å². The first kappa shape index (κ1) is 12.7. The Balaban J connectivity index is 2.65. The Hall–Kier alpha value is -1.39. The maximum absolute atomic E-state index is 12.0. The molecule has 1 N–H and O–H groups in total. The normalized spacial score (nSPS) is 21.7. The highest BCUT2D eigenvalue weighted by Gasteiger charge is 2.33. The molecule has 0 aromatic heterocycles. The number of amides is 2. The molecular weight excluding hydrogens is 208 g/mol. The predicted octanol–water partition coefficient (Wildman–Crippen LogP) is 0.0910. The van der Waals surface area contributed by atoms with Crippen LogP contribution in [0.3, 0.4) is 0 Å². The second-order valence-corrected chi connectivity index (χ2v) is 4.22. The van der Waals surface area contributed by atoms with E-state index in [4.69, 9.17) is 0 Å². The van der Waals surface area contributed by atoms with Gasteiger partial charge in [-0.1, -0.05) is 0 Å². The highest BCUT2D eigenvalue weighted by Crippen LogP contribution is 2.18. The molecule has 1 aliphatic heterocycles. The number of rotatable bonds is 3. The Morgan fingerprint density at radius 1 is 1.31 bits per heavy atom. The molecule has 0 unspecified atom stereocenters. The van der Waals surface area contributed by atoms with Crippen molar-refractivity contribution in [2.24, 2.45) is 0 Å². The molecule has 1 aliphatic rings. The summed E-state index contributed by atoms with van der Waals surface area (Å²) in [6, 6.07) is -0.860. The van der Waals surface area contributed by atoms with Crippen LogP contribution in [-0.2, 0) is 14.4 Å². The van der Waals surface area contributed by atoms with Gasteiger partial charge in [0.1, 0.15) is 6.04 Å². The average molecular weight is 226 g/mol. The molecule has 0 aliphatic carbocycles. The van der Waals surface area contributed by atoms with Crippen molar-refractivity contribution < 1.29 is 14.4 Å². The van der Waals surface area contributed by atoms with Crippen LogP contribution in [0, 0.1) is 0 Å². The van der Waals surface area contributed by atoms with Crippen molar-refractivity contribution in [3.8, 4) is 0 Å². The minimum absolute atomic E-state index is 0.0147. The molecule has 5 nitrogen and oxygen atoms in total. The third kappa shape index (κ3) is 2.81. The van der Waals surface area contributed by atoms with Crippen LogP contribution in [-0.4, -0.2) is 41.1 Å². The molecule has 90 valence electrons. The molecule has 0 aromatic carbocycles. The molecule has 1 heterocycles. The molecular formula is C11H18N2O3. The minimum Gasteiger partial charge on any atom is -0.345 e. The van der Waals surface area contributed by atoms with Gasteiger partial charge in [-0.15, -0.1) is 0 Å². The van der Waals surface area contributed by atoms with Crippen LogP contribution in [0.1, 0.15) is 33.6 Å². The third-order valence-corrected chi connectivity index (χ3v) is 2.80. The second-order valence-electron chi connectivity index (χ2n) is 4.22. The number of hydrogen-bond donors (Lipinski definition) is 1. The molecule has 0 spiro atoms. The monoisotopic (exact) mass is 226 g/mol. The third-order valence-electron chi connectivity index (χ3n) is 2.80. The second kappa shape index (κ2) is 5.09. The van der Waals surface area contributed by atoms with E-state index in [9.17, 15) is 14.4 Å². The Labute approximate surface area is 95.2 Å². The van der Waals surface area contributed by atoms with Gasteiger partial charge >= 0.3 is 0 Å². The molecule has 0 bridgehead atoms. The molecule has 0 radical (unpaired) electrons. The van der Waals surface area contributed by atoms with Gasteiger partial charge in [0.2, 0.25) is 11.8 Å². The van der Waals surface area contributed by atoms with Crippen molar-refractivity contribution in [1.82, 2.24) is 10.2 Å². The number of carbonyl (C=O) groups excluding carboxylic acids is 3. The summed E-state index contributed by atoms with van der Waals surface area (Å²) in [6.45, 7) is 5.11. The first-order valence-corrected chi connectivity index (χ1v) is 5.51. The van der Waals surface area contributed by atoms with Gasteiger partial charge in [0.05, 0.1) is 6.04 Å². The SMILES string of the molecule is CC(=O)N[C@@H](C)C(=O)N1CCC[C@H]1C(C)=O. The van der Waals surface area contributed by atoms with Crippen molar-refractivity contribution in [3.05, 3.63) is 0 Å². The van der Waals surface area contributed by atoms with Gasteiger partial charge in [0, 0.05) is 13.5 Å². The smallest absolute Gasteiger partial charge is 0.245 e. The van der Waals surface area contributed by atoms with Crippen LogP contribution in [0.15, 0.2) is 0 Å². The number of nitrogens with one attached hydrogen (secondary N) is 1. The average Bonchev–Trinajstić information content (AvgIpc) is 2.63. The zero-order valence-electron chi connectivity index (χ0n) is 9.95. The number of hydrogen-bond acceptors (Lipinski definition) is 3. The first-order valence-electron chi connectivity index (χ1n) is 5.51. The summed E-state index contributed by atoms with van der Waals surface area (Å²) in [5.41, 5.74) is 0. The van der Waals surface area contributed by atoms with Crippen LogP contribution >= 0.6 is 0 Å². The summed E-state index contributed by atoms with van der Waals surface area (Å²) in [5.74, 6) is -0.395. The highest BCUT2D eigenvalue weighted by molar-refractivity contribution is 5.91. The molecule has 1 fully saturated rings. The molecule has 0 aromatic rings. The molecule has 1 saturated heterocycles. The van der Waals surface area contributed by atoms with Crippen LogP contribution < -0.4 is 5.32 Å². The van der Waals surface area contributed by atoms with E-state index in [1.807, 2.05) is 0 Å². The van der Waals surface area contributed by atoms with Gasteiger partial charge < -0.3 is 10.2 Å². The Morgan fingerprint density at radius 2 is 1.94 bits per heavy atom. The highest BCUT2D eigenvalue weighted by atomic mass is 16.2. The van der Waals surface area contributed by atoms with Crippen LogP contribution in [0.2, 0.25) is 0 Å². The fraction of sp³-hybridized carbons (Fsp3) is 0.727. The zero-order chi connectivity index (χ0) is 12.3. The van der Waals surface area contributed by atoms with Gasteiger partial charge in [0.15, 0.2) is 5.78 Å². The topological polar surface area (TPSA) is 66.5 Å². The standard InChI is InChI=1S/C11H18N2O3/c1-7(12-9(3)15)11(16)13-6-4-5-10(13)8(2)14/h7,10H,4-6H2,1-3H3,(H,12,15)/t7-,10-/m0/s1. The molecule has 16 heavy (non-hydrogen) atoms. The Bertz CT molecular complexity index is 314. The molecule has 0 saturated carbocycles. The van der Waals surface area contributed by atoms with Gasteiger partial charge in [0.25, 0.3) is 0 Å². The Kier molecular flexibility index (Phi) is 4.04. The Morgan fingerprint density at radius 3 is 2.44 bits per heavy atom. The number of nitrogens with zero attached hydrogens (tertiary/aromatic N) is 1. The molecule has 5 heteroatoms. The summed E-state index contributed by atoms with van der Waals surface area (Å²) in [4.78, 5) is 35.7. The quantitative estimate of drug-likeness (QED) is 0.741. The van der Waals surface area contributed by atoms with E-state index < -0.39 is 6.04 Å². The fourth-order valence-corrected chi connectivity index (χ4v) is 2.07. The summed E-state index contributed by atoms with van der Waals surface area (Å²) in [7, 11) is 0. The summed E-state index contributed by atoms with van der Waals surface area (Å²) >= 11 is 0. The zero-order valence-corrected chi connectivity index (χ0v) is 9.95. The largest absolute Gasteiger partial charge is 0.345 e. The number of likely N-dealkylation sites (tertiary alicyclic amines) is 1. The maximum Gasteiger partial charge on any atom is 0.245 e. The van der Waals surface area contributed by atoms with E-state index in [0.717, 1.165) is 12.8 Å². The van der Waals surface area contributed by atoms with Crippen molar-refractivity contribution in [3.63, 3.8) is 0 Å². The minimum atomic E-state index is -0.558. The summed E-state index contributed by atoms with van der Waals surface area (Å²) < 4.78 is 0. The lowest BCUT2D eigenvalue weighted by molar-refractivity contribution is -0.139.